The molecule has 1 aliphatic heterocycles. The van der Waals surface area contributed by atoms with Gasteiger partial charge < -0.3 is 10.1 Å². The van der Waals surface area contributed by atoms with Crippen LogP contribution in [0.5, 0.6) is 0 Å². The normalized spacial score (nSPS) is 22.0. The average Bonchev–Trinajstić information content (AvgIpc) is 2.93. The number of hydrogen-bond acceptors (Lipinski definition) is 5. The third-order valence-electron chi connectivity index (χ3n) is 5.41. The quantitative estimate of drug-likeness (QED) is 0.477. The molecule has 3 amide bonds. The van der Waals surface area contributed by atoms with Crippen molar-refractivity contribution in [2.75, 3.05) is 11.9 Å². The second-order valence-electron chi connectivity index (χ2n) is 7.33. The maximum absolute atomic E-state index is 12.5. The van der Waals surface area contributed by atoms with Crippen LogP contribution in [-0.4, -0.2) is 41.2 Å². The van der Waals surface area contributed by atoms with Crippen molar-refractivity contribution in [2.24, 2.45) is 11.8 Å². The number of imide groups is 1. The number of nitrogens with one attached hydrogen (secondary N) is 1. The molecular weight excluding hydrogens is 360 g/mol. The molecule has 3 rings (SSSR count). The van der Waals surface area contributed by atoms with Gasteiger partial charge >= 0.3 is 5.97 Å². The topological polar surface area (TPSA) is 92.8 Å². The molecule has 1 saturated heterocycles. The fourth-order valence-electron chi connectivity index (χ4n) is 3.59. The minimum atomic E-state index is -1.06. The highest BCUT2D eigenvalue weighted by Gasteiger charge is 2.50. The van der Waals surface area contributed by atoms with Crippen LogP contribution in [0.3, 0.4) is 0 Å². The lowest BCUT2D eigenvalue weighted by Gasteiger charge is -2.21. The van der Waals surface area contributed by atoms with E-state index < -0.39 is 36.4 Å². The number of likely N-dealkylation sites (tertiary alicyclic amines) is 1. The van der Waals surface area contributed by atoms with E-state index in [-0.39, 0.29) is 11.8 Å². The smallest absolute Gasteiger partial charge is 0.329 e. The van der Waals surface area contributed by atoms with Crippen LogP contribution in [-0.2, 0) is 23.9 Å². The third-order valence-corrected chi connectivity index (χ3v) is 5.41. The van der Waals surface area contributed by atoms with Crippen molar-refractivity contribution in [2.45, 2.75) is 39.7 Å². The standard InChI is InChI=1S/C21H24N2O5/c1-12-8-9-15(10-13(12)2)22-18(24)11-28-21(27)14(3)23-19(25)16-6-4-5-7-17(16)20(23)26/h4-5,8-10,14,16-17H,6-7,11H2,1-3H3,(H,22,24)/t14-,16+,17+/m0/s1. The number of amides is 3. The summed E-state index contributed by atoms with van der Waals surface area (Å²) in [7, 11) is 0. The Morgan fingerprint density at radius 3 is 2.29 bits per heavy atom. The average molecular weight is 384 g/mol. The molecular formula is C21H24N2O5. The highest BCUT2D eigenvalue weighted by atomic mass is 16.5. The Hall–Kier alpha value is -2.96. The maximum Gasteiger partial charge on any atom is 0.329 e. The van der Waals surface area contributed by atoms with Crippen molar-refractivity contribution in [3.63, 3.8) is 0 Å². The summed E-state index contributed by atoms with van der Waals surface area (Å²) in [5, 5.41) is 2.66. The number of allylic oxidation sites excluding steroid dienone is 2. The Balaban J connectivity index is 1.55. The van der Waals surface area contributed by atoms with Crippen molar-refractivity contribution in [1.29, 1.82) is 0 Å². The van der Waals surface area contributed by atoms with E-state index in [4.69, 9.17) is 4.74 Å². The molecule has 0 aromatic heterocycles. The first-order valence-corrected chi connectivity index (χ1v) is 9.35. The van der Waals surface area contributed by atoms with E-state index in [1.54, 1.807) is 6.07 Å². The largest absolute Gasteiger partial charge is 0.454 e. The zero-order chi connectivity index (χ0) is 20.4. The van der Waals surface area contributed by atoms with Gasteiger partial charge in [0.15, 0.2) is 6.61 Å². The summed E-state index contributed by atoms with van der Waals surface area (Å²) >= 11 is 0. The molecule has 1 fully saturated rings. The van der Waals surface area contributed by atoms with Gasteiger partial charge in [0.2, 0.25) is 11.8 Å². The molecule has 0 radical (unpaired) electrons. The molecule has 0 unspecified atom stereocenters. The van der Waals surface area contributed by atoms with Crippen molar-refractivity contribution >= 4 is 29.4 Å². The van der Waals surface area contributed by atoms with E-state index in [1.165, 1.54) is 6.92 Å². The highest BCUT2D eigenvalue weighted by molar-refractivity contribution is 6.08. The molecule has 1 aliphatic carbocycles. The summed E-state index contributed by atoms with van der Waals surface area (Å²) in [6, 6.07) is 4.43. The van der Waals surface area contributed by atoms with Crippen LogP contribution in [0.4, 0.5) is 5.69 Å². The molecule has 2 aliphatic rings. The molecule has 1 heterocycles. The number of carbonyl (C=O) groups excluding carboxylic acids is 4. The summed E-state index contributed by atoms with van der Waals surface area (Å²) in [5.41, 5.74) is 2.75. The number of fused-ring (bicyclic) bond motifs is 1. The van der Waals surface area contributed by atoms with E-state index in [0.717, 1.165) is 16.0 Å². The first-order valence-electron chi connectivity index (χ1n) is 9.35. The molecule has 1 aromatic rings. The van der Waals surface area contributed by atoms with Crippen molar-refractivity contribution in [3.05, 3.63) is 41.5 Å². The van der Waals surface area contributed by atoms with Crippen LogP contribution in [0.25, 0.3) is 0 Å². The van der Waals surface area contributed by atoms with Crippen LogP contribution in [0.2, 0.25) is 0 Å². The molecule has 7 nitrogen and oxygen atoms in total. The van der Waals surface area contributed by atoms with E-state index in [9.17, 15) is 19.2 Å². The highest BCUT2D eigenvalue weighted by Crippen LogP contribution is 2.36. The first kappa shape index (κ1) is 19.8. The molecule has 0 saturated carbocycles. The number of nitrogens with zero attached hydrogens (tertiary/aromatic N) is 1. The van der Waals surface area contributed by atoms with Gasteiger partial charge in [-0.15, -0.1) is 0 Å². The summed E-state index contributed by atoms with van der Waals surface area (Å²) < 4.78 is 5.04. The van der Waals surface area contributed by atoms with E-state index >= 15 is 0 Å². The summed E-state index contributed by atoms with van der Waals surface area (Å²) in [6.45, 7) is 4.87. The lowest BCUT2D eigenvalue weighted by Crippen LogP contribution is -2.45. The number of ether oxygens (including phenoxy) is 1. The molecule has 0 spiro atoms. The number of hydrogen-bond donors (Lipinski definition) is 1. The Morgan fingerprint density at radius 2 is 1.71 bits per heavy atom. The van der Waals surface area contributed by atoms with Crippen LogP contribution in [0.15, 0.2) is 30.4 Å². The minimum absolute atomic E-state index is 0.344. The summed E-state index contributed by atoms with van der Waals surface area (Å²) in [5.74, 6) is -2.75. The molecule has 1 aromatic carbocycles. The second kappa shape index (κ2) is 7.96. The van der Waals surface area contributed by atoms with E-state index in [1.807, 2.05) is 38.1 Å². The predicted molar refractivity (Wildman–Crippen MR) is 102 cm³/mol. The fraction of sp³-hybridized carbons (Fsp3) is 0.429. The van der Waals surface area contributed by atoms with Gasteiger partial charge in [-0.3, -0.25) is 19.3 Å². The van der Waals surface area contributed by atoms with Gasteiger partial charge in [-0.05, 0) is 56.9 Å². The third kappa shape index (κ3) is 3.83. The van der Waals surface area contributed by atoms with Gasteiger partial charge in [0.1, 0.15) is 6.04 Å². The van der Waals surface area contributed by atoms with Crippen LogP contribution in [0.1, 0.15) is 30.9 Å². The Labute approximate surface area is 163 Å². The van der Waals surface area contributed by atoms with Gasteiger partial charge in [-0.25, -0.2) is 4.79 Å². The van der Waals surface area contributed by atoms with E-state index in [2.05, 4.69) is 5.32 Å². The van der Waals surface area contributed by atoms with Crippen LogP contribution in [0, 0.1) is 25.7 Å². The minimum Gasteiger partial charge on any atom is -0.454 e. The van der Waals surface area contributed by atoms with Gasteiger partial charge in [0.05, 0.1) is 11.8 Å². The Kier molecular flexibility index (Phi) is 5.63. The Bertz CT molecular complexity index is 834. The molecule has 148 valence electrons. The molecule has 3 atom stereocenters. The number of esters is 1. The zero-order valence-corrected chi connectivity index (χ0v) is 16.2. The lowest BCUT2D eigenvalue weighted by molar-refractivity contribution is -0.159. The monoisotopic (exact) mass is 384 g/mol. The number of aryl methyl sites for hydroxylation is 2. The van der Waals surface area contributed by atoms with Crippen molar-refractivity contribution in [1.82, 2.24) is 4.90 Å². The molecule has 1 N–H and O–H groups in total. The van der Waals surface area contributed by atoms with E-state index in [0.29, 0.717) is 18.5 Å². The lowest BCUT2D eigenvalue weighted by atomic mass is 9.85. The number of anilines is 1. The molecule has 0 bridgehead atoms. The summed E-state index contributed by atoms with van der Waals surface area (Å²) in [6.07, 6.45) is 4.78. The van der Waals surface area contributed by atoms with Gasteiger partial charge in [0.25, 0.3) is 5.91 Å². The molecule has 7 heteroatoms. The van der Waals surface area contributed by atoms with Gasteiger partial charge in [-0.1, -0.05) is 18.2 Å². The first-order chi connectivity index (χ1) is 13.3. The van der Waals surface area contributed by atoms with Gasteiger partial charge in [0, 0.05) is 5.69 Å². The number of carbonyl (C=O) groups is 4. The van der Waals surface area contributed by atoms with Gasteiger partial charge in [-0.2, -0.15) is 0 Å². The fourth-order valence-corrected chi connectivity index (χ4v) is 3.59. The SMILES string of the molecule is Cc1ccc(NC(=O)COC(=O)[C@H](C)N2C(=O)[C@@H]3CC=CC[C@H]3C2=O)cc1C. The Morgan fingerprint density at radius 1 is 1.11 bits per heavy atom. The second-order valence-corrected chi connectivity index (χ2v) is 7.33. The number of benzene rings is 1. The summed E-state index contributed by atoms with van der Waals surface area (Å²) in [4.78, 5) is 50.4. The van der Waals surface area contributed by atoms with Crippen molar-refractivity contribution < 1.29 is 23.9 Å². The predicted octanol–water partition coefficient (Wildman–Crippen LogP) is 2.12. The van der Waals surface area contributed by atoms with Crippen LogP contribution >= 0.6 is 0 Å². The van der Waals surface area contributed by atoms with Crippen LogP contribution < -0.4 is 5.32 Å². The molecule has 28 heavy (non-hydrogen) atoms. The van der Waals surface area contributed by atoms with Crippen molar-refractivity contribution in [3.8, 4) is 0 Å². The zero-order valence-electron chi connectivity index (χ0n) is 16.2. The maximum atomic E-state index is 12.5. The number of rotatable bonds is 5.